The Morgan fingerprint density at radius 2 is 2.27 bits per heavy atom. The molecular weight excluding hydrogens is 282 g/mol. The highest BCUT2D eigenvalue weighted by Gasteiger charge is 2.21. The van der Waals surface area contributed by atoms with Crippen molar-refractivity contribution in [2.24, 2.45) is 7.05 Å². The molecule has 1 aromatic rings. The van der Waals surface area contributed by atoms with Crippen LogP contribution in [0.5, 0.6) is 0 Å². The summed E-state index contributed by atoms with van der Waals surface area (Å²) in [5.74, 6) is 0. The number of rotatable bonds is 5. The largest absolute Gasteiger partial charge is 0.274 e. The van der Waals surface area contributed by atoms with Gasteiger partial charge in [0.15, 0.2) is 0 Å². The predicted octanol–water partition coefficient (Wildman–Crippen LogP) is 0.826. The average molecular weight is 296 g/mol. The molecule has 0 spiro atoms. The van der Waals surface area contributed by atoms with E-state index in [4.69, 9.17) is 0 Å². The van der Waals surface area contributed by atoms with E-state index in [1.54, 1.807) is 14.1 Å². The molecule has 86 valence electrons. The molecule has 0 atom stereocenters. The van der Waals surface area contributed by atoms with Gasteiger partial charge in [-0.3, -0.25) is 4.68 Å². The zero-order chi connectivity index (χ0) is 11.5. The first-order chi connectivity index (χ1) is 6.98. The summed E-state index contributed by atoms with van der Waals surface area (Å²) in [5.41, 5.74) is 0. The highest BCUT2D eigenvalue weighted by Crippen LogP contribution is 2.12. The van der Waals surface area contributed by atoms with E-state index in [2.05, 4.69) is 21.0 Å². The Labute approximate surface area is 98.3 Å². The van der Waals surface area contributed by atoms with Gasteiger partial charge in [-0.15, -0.1) is 0 Å². The maximum absolute atomic E-state index is 11.9. The molecule has 0 bridgehead atoms. The van der Waals surface area contributed by atoms with Crippen LogP contribution in [-0.4, -0.2) is 41.4 Å². The lowest BCUT2D eigenvalue weighted by Gasteiger charge is -2.14. The third kappa shape index (κ3) is 3.02. The average Bonchev–Trinajstić information content (AvgIpc) is 2.61. The molecule has 0 aliphatic rings. The second-order valence-electron chi connectivity index (χ2n) is 3.22. The van der Waals surface area contributed by atoms with Gasteiger partial charge >= 0.3 is 0 Å². The molecule has 1 heterocycles. The van der Waals surface area contributed by atoms with Gasteiger partial charge in [-0.05, 0) is 6.42 Å². The Morgan fingerprint density at radius 3 is 2.73 bits per heavy atom. The lowest BCUT2D eigenvalue weighted by atomic mass is 10.5. The zero-order valence-electron chi connectivity index (χ0n) is 8.72. The molecule has 0 unspecified atom stereocenters. The summed E-state index contributed by atoms with van der Waals surface area (Å²) in [6, 6.07) is 0. The van der Waals surface area contributed by atoms with E-state index in [9.17, 15) is 8.42 Å². The molecular formula is C8H14BrN3O2S. The van der Waals surface area contributed by atoms with Gasteiger partial charge in [0.25, 0.3) is 0 Å². The van der Waals surface area contributed by atoms with Crippen LogP contribution in [0.25, 0.3) is 0 Å². The summed E-state index contributed by atoms with van der Waals surface area (Å²) < 4.78 is 26.6. The summed E-state index contributed by atoms with van der Waals surface area (Å²) in [5, 5.41) is 4.64. The monoisotopic (exact) mass is 295 g/mol. The van der Waals surface area contributed by atoms with Gasteiger partial charge in [0.05, 0.1) is 6.20 Å². The van der Waals surface area contributed by atoms with Gasteiger partial charge in [-0.1, -0.05) is 15.9 Å². The number of hydrogen-bond acceptors (Lipinski definition) is 3. The quantitative estimate of drug-likeness (QED) is 0.756. The topological polar surface area (TPSA) is 55.2 Å². The van der Waals surface area contributed by atoms with Crippen LogP contribution in [0.4, 0.5) is 0 Å². The van der Waals surface area contributed by atoms with Crippen LogP contribution in [0.1, 0.15) is 6.42 Å². The fourth-order valence-corrected chi connectivity index (χ4v) is 2.56. The molecule has 15 heavy (non-hydrogen) atoms. The van der Waals surface area contributed by atoms with Gasteiger partial charge < -0.3 is 0 Å². The van der Waals surface area contributed by atoms with Crippen molar-refractivity contribution in [1.29, 1.82) is 0 Å². The van der Waals surface area contributed by atoms with Gasteiger partial charge in [0.1, 0.15) is 4.90 Å². The fraction of sp³-hybridized carbons (Fsp3) is 0.625. The van der Waals surface area contributed by atoms with Crippen LogP contribution in [0.2, 0.25) is 0 Å². The first-order valence-corrected chi connectivity index (χ1v) is 7.05. The number of aromatic nitrogens is 2. The number of nitrogens with zero attached hydrogens (tertiary/aromatic N) is 3. The standard InChI is InChI=1S/C8H14BrN3O2S/c1-11-7-8(6-10-11)15(13,14)12(2)5-3-4-9/h6-7H,3-5H2,1-2H3. The smallest absolute Gasteiger partial charge is 0.245 e. The summed E-state index contributed by atoms with van der Waals surface area (Å²) in [4.78, 5) is 0.238. The molecule has 0 aliphatic carbocycles. The molecule has 0 fully saturated rings. The number of alkyl halides is 1. The normalized spacial score (nSPS) is 12.3. The van der Waals surface area contributed by atoms with Gasteiger partial charge in [-0.25, -0.2) is 12.7 Å². The molecule has 0 amide bonds. The third-order valence-corrected chi connectivity index (χ3v) is 4.37. The molecule has 0 aliphatic heterocycles. The number of halogens is 1. The van der Waals surface area contributed by atoms with Crippen molar-refractivity contribution in [1.82, 2.24) is 14.1 Å². The van der Waals surface area contributed by atoms with E-state index in [1.807, 2.05) is 0 Å². The molecule has 0 N–H and O–H groups in total. The van der Waals surface area contributed by atoms with Crippen LogP contribution < -0.4 is 0 Å². The number of aryl methyl sites for hydroxylation is 1. The minimum absolute atomic E-state index is 0.238. The van der Waals surface area contributed by atoms with E-state index in [1.165, 1.54) is 21.4 Å². The van der Waals surface area contributed by atoms with E-state index >= 15 is 0 Å². The highest BCUT2D eigenvalue weighted by atomic mass is 79.9. The molecule has 7 heteroatoms. The van der Waals surface area contributed by atoms with Crippen LogP contribution in [0.3, 0.4) is 0 Å². The number of hydrogen-bond donors (Lipinski definition) is 0. The summed E-state index contributed by atoms with van der Waals surface area (Å²) in [7, 11) is -0.0949. The molecule has 5 nitrogen and oxygen atoms in total. The minimum Gasteiger partial charge on any atom is -0.274 e. The SMILES string of the molecule is CN(CCCBr)S(=O)(=O)c1cnn(C)c1. The van der Waals surface area contributed by atoms with Crippen molar-refractivity contribution in [2.45, 2.75) is 11.3 Å². The number of sulfonamides is 1. The molecule has 0 radical (unpaired) electrons. The maximum atomic E-state index is 11.9. The Hall–Kier alpha value is -0.400. The van der Waals surface area contributed by atoms with Gasteiger partial charge in [0.2, 0.25) is 10.0 Å². The second-order valence-corrected chi connectivity index (χ2v) is 6.06. The summed E-state index contributed by atoms with van der Waals surface area (Å²) in [6.45, 7) is 0.502. The van der Waals surface area contributed by atoms with Crippen molar-refractivity contribution in [3.63, 3.8) is 0 Å². The molecule has 0 saturated carbocycles. The Kier molecular flexibility index (Phi) is 4.30. The van der Waals surface area contributed by atoms with Crippen molar-refractivity contribution in [3.8, 4) is 0 Å². The fourth-order valence-electron chi connectivity index (χ4n) is 1.11. The molecule has 0 aromatic carbocycles. The summed E-state index contributed by atoms with van der Waals surface area (Å²) >= 11 is 3.27. The minimum atomic E-state index is -3.36. The van der Waals surface area contributed by atoms with E-state index in [-0.39, 0.29) is 4.90 Å². The first kappa shape index (κ1) is 12.7. The van der Waals surface area contributed by atoms with E-state index in [0.29, 0.717) is 6.54 Å². The van der Waals surface area contributed by atoms with E-state index < -0.39 is 10.0 Å². The molecule has 0 saturated heterocycles. The van der Waals surface area contributed by atoms with Crippen molar-refractivity contribution >= 4 is 26.0 Å². The van der Waals surface area contributed by atoms with Crippen molar-refractivity contribution in [2.75, 3.05) is 18.9 Å². The Morgan fingerprint density at radius 1 is 1.60 bits per heavy atom. The van der Waals surface area contributed by atoms with Gasteiger partial charge in [0, 0.05) is 32.2 Å². The van der Waals surface area contributed by atoms with Crippen LogP contribution in [0, 0.1) is 0 Å². The Bertz CT molecular complexity index is 415. The highest BCUT2D eigenvalue weighted by molar-refractivity contribution is 9.09. The van der Waals surface area contributed by atoms with Crippen LogP contribution in [-0.2, 0) is 17.1 Å². The zero-order valence-corrected chi connectivity index (χ0v) is 11.1. The Balaban J connectivity index is 2.83. The van der Waals surface area contributed by atoms with Crippen molar-refractivity contribution < 1.29 is 8.42 Å². The van der Waals surface area contributed by atoms with Gasteiger partial charge in [-0.2, -0.15) is 5.10 Å². The molecule has 1 rings (SSSR count). The van der Waals surface area contributed by atoms with E-state index in [0.717, 1.165) is 11.8 Å². The third-order valence-electron chi connectivity index (χ3n) is 2.00. The second kappa shape index (κ2) is 5.09. The lowest BCUT2D eigenvalue weighted by molar-refractivity contribution is 0.470. The molecule has 1 aromatic heterocycles. The van der Waals surface area contributed by atoms with Crippen LogP contribution >= 0.6 is 15.9 Å². The lowest BCUT2D eigenvalue weighted by Crippen LogP contribution is -2.27. The van der Waals surface area contributed by atoms with Crippen molar-refractivity contribution in [3.05, 3.63) is 12.4 Å². The predicted molar refractivity (Wildman–Crippen MR) is 61.4 cm³/mol. The van der Waals surface area contributed by atoms with Crippen LogP contribution in [0.15, 0.2) is 17.3 Å². The first-order valence-electron chi connectivity index (χ1n) is 4.49. The maximum Gasteiger partial charge on any atom is 0.245 e. The summed E-state index contributed by atoms with van der Waals surface area (Å²) in [6.07, 6.45) is 3.65.